The first-order valence-corrected chi connectivity index (χ1v) is 9.37. The first-order valence-electron chi connectivity index (χ1n) is 9.37. The zero-order chi connectivity index (χ0) is 21.6. The Labute approximate surface area is 175 Å². The molecule has 0 saturated heterocycles. The van der Waals surface area contributed by atoms with Gasteiger partial charge in [0, 0.05) is 11.1 Å². The van der Waals surface area contributed by atoms with E-state index in [2.05, 4.69) is 22.2 Å². The van der Waals surface area contributed by atoms with Gasteiger partial charge >= 0.3 is 0 Å². The number of carbonyl (C=O) groups excluding carboxylic acids is 1. The van der Waals surface area contributed by atoms with Gasteiger partial charge in [-0.2, -0.15) is 0 Å². The van der Waals surface area contributed by atoms with Crippen molar-refractivity contribution in [3.05, 3.63) is 71.5 Å². The molecule has 30 heavy (non-hydrogen) atoms. The van der Waals surface area contributed by atoms with Crippen molar-refractivity contribution in [2.24, 2.45) is 0 Å². The molecule has 2 aromatic carbocycles. The number of benzene rings is 2. The number of nitrogens with zero attached hydrogens (tertiary/aromatic N) is 3. The Morgan fingerprint density at radius 2 is 1.77 bits per heavy atom. The Balaban J connectivity index is 1.53. The van der Waals surface area contributed by atoms with E-state index in [-0.39, 0.29) is 18.9 Å². The number of hydrogen-bond acceptors (Lipinski definition) is 6. The molecule has 7 nitrogen and oxygen atoms in total. The minimum atomic E-state index is -1.03. The van der Waals surface area contributed by atoms with Gasteiger partial charge in [-0.3, -0.25) is 4.79 Å². The summed E-state index contributed by atoms with van der Waals surface area (Å²) in [5, 5.41) is 17.7. The summed E-state index contributed by atoms with van der Waals surface area (Å²) in [7, 11) is 1.58. The molecule has 0 spiro atoms. The minimum absolute atomic E-state index is 0.0715. The summed E-state index contributed by atoms with van der Waals surface area (Å²) in [6.45, 7) is 3.59. The van der Waals surface area contributed by atoms with E-state index in [9.17, 15) is 9.90 Å². The largest absolute Gasteiger partial charge is 0.497 e. The van der Waals surface area contributed by atoms with Crippen LogP contribution in [0.1, 0.15) is 35.5 Å². The molecule has 0 fully saturated rings. The Hall–Kier alpha value is -3.63. The molecule has 1 aromatic heterocycles. The molecule has 154 valence electrons. The van der Waals surface area contributed by atoms with Gasteiger partial charge in [-0.05, 0) is 62.4 Å². The van der Waals surface area contributed by atoms with E-state index in [0.717, 1.165) is 5.56 Å². The average Bonchev–Trinajstić information content (AvgIpc) is 3.18. The second-order valence-corrected chi connectivity index (χ2v) is 7.18. The van der Waals surface area contributed by atoms with Crippen LogP contribution in [0.25, 0.3) is 0 Å². The highest BCUT2D eigenvalue weighted by Crippen LogP contribution is 2.14. The molecular weight excluding hydrogens is 382 g/mol. The lowest BCUT2D eigenvalue weighted by molar-refractivity contribution is 0.0966. The van der Waals surface area contributed by atoms with Gasteiger partial charge < -0.3 is 14.6 Å². The molecule has 0 unspecified atom stereocenters. The predicted octanol–water partition coefficient (Wildman–Crippen LogP) is 2.87. The third kappa shape index (κ3) is 6.19. The number of methoxy groups -OCH3 is 1. The molecule has 1 heterocycles. The van der Waals surface area contributed by atoms with Crippen LogP contribution in [0, 0.1) is 11.8 Å². The molecule has 3 aromatic rings. The van der Waals surface area contributed by atoms with Crippen LogP contribution in [0.2, 0.25) is 0 Å². The fourth-order valence-electron chi connectivity index (χ4n) is 2.51. The molecule has 3 rings (SSSR count). The van der Waals surface area contributed by atoms with Gasteiger partial charge in [-0.15, -0.1) is 5.10 Å². The van der Waals surface area contributed by atoms with Crippen LogP contribution in [0.3, 0.4) is 0 Å². The van der Waals surface area contributed by atoms with Crippen molar-refractivity contribution in [1.82, 2.24) is 15.0 Å². The molecule has 7 heteroatoms. The maximum atomic E-state index is 12.4. The molecule has 0 aliphatic heterocycles. The van der Waals surface area contributed by atoms with Gasteiger partial charge in [0.25, 0.3) is 0 Å². The van der Waals surface area contributed by atoms with Gasteiger partial charge in [-0.25, -0.2) is 4.68 Å². The second kappa shape index (κ2) is 9.25. The molecular formula is C23H23N3O4. The lowest BCUT2D eigenvalue weighted by Gasteiger charge is -2.06. The number of aromatic nitrogens is 3. The van der Waals surface area contributed by atoms with E-state index < -0.39 is 5.60 Å². The van der Waals surface area contributed by atoms with E-state index in [1.165, 1.54) is 4.68 Å². The lowest BCUT2D eigenvalue weighted by Crippen LogP contribution is -2.14. The van der Waals surface area contributed by atoms with Crippen LogP contribution < -0.4 is 9.47 Å². The highest BCUT2D eigenvalue weighted by molar-refractivity contribution is 5.95. The molecule has 0 atom stereocenters. The summed E-state index contributed by atoms with van der Waals surface area (Å²) in [6.07, 6.45) is 1.69. The number of carbonyl (C=O) groups is 1. The zero-order valence-corrected chi connectivity index (χ0v) is 17.1. The van der Waals surface area contributed by atoms with Gasteiger partial charge in [-0.1, -0.05) is 17.1 Å². The standard InChI is InChI=1S/C23H23N3O4/c1-23(2,28)13-12-17-4-8-21(9-5-17)30-16-19-14-26(25-24-19)15-22(27)18-6-10-20(29-3)11-7-18/h4-11,14,28H,15-16H2,1-3H3. The SMILES string of the molecule is COc1ccc(C(=O)Cn2cc(COc3ccc(C#CC(C)(C)O)cc3)nn2)cc1. The first-order chi connectivity index (χ1) is 14.3. The molecule has 0 aliphatic carbocycles. The maximum absolute atomic E-state index is 12.4. The van der Waals surface area contributed by atoms with Gasteiger partial charge in [0.2, 0.25) is 0 Å². The number of hydrogen-bond donors (Lipinski definition) is 1. The fraction of sp³-hybridized carbons (Fsp3) is 0.261. The number of Topliss-reactive ketones (excluding diaryl/α,β-unsaturated/α-hetero) is 1. The van der Waals surface area contributed by atoms with Gasteiger partial charge in [0.05, 0.1) is 13.3 Å². The summed E-state index contributed by atoms with van der Waals surface area (Å²) in [6, 6.07) is 14.2. The van der Waals surface area contributed by atoms with Crippen molar-refractivity contribution in [2.45, 2.75) is 32.6 Å². The Morgan fingerprint density at radius 3 is 2.40 bits per heavy atom. The molecule has 1 N–H and O–H groups in total. The lowest BCUT2D eigenvalue weighted by atomic mass is 10.1. The zero-order valence-electron chi connectivity index (χ0n) is 17.1. The summed E-state index contributed by atoms with van der Waals surface area (Å²) in [5.41, 5.74) is 0.947. The normalized spacial score (nSPS) is 10.8. The highest BCUT2D eigenvalue weighted by atomic mass is 16.5. The van der Waals surface area contributed by atoms with E-state index in [1.807, 2.05) is 12.1 Å². The summed E-state index contributed by atoms with van der Waals surface area (Å²) in [5.74, 6) is 6.95. The minimum Gasteiger partial charge on any atom is -0.497 e. The fourth-order valence-corrected chi connectivity index (χ4v) is 2.51. The topological polar surface area (TPSA) is 86.5 Å². The summed E-state index contributed by atoms with van der Waals surface area (Å²) >= 11 is 0. The third-order valence-corrected chi connectivity index (χ3v) is 4.06. The summed E-state index contributed by atoms with van der Waals surface area (Å²) < 4.78 is 12.3. The third-order valence-electron chi connectivity index (χ3n) is 4.06. The smallest absolute Gasteiger partial charge is 0.184 e. The van der Waals surface area contributed by atoms with Crippen molar-refractivity contribution in [2.75, 3.05) is 7.11 Å². The van der Waals surface area contributed by atoms with Crippen molar-refractivity contribution in [3.63, 3.8) is 0 Å². The van der Waals surface area contributed by atoms with E-state index in [1.54, 1.807) is 63.6 Å². The predicted molar refractivity (Wildman–Crippen MR) is 111 cm³/mol. The van der Waals surface area contributed by atoms with Crippen molar-refractivity contribution >= 4 is 5.78 Å². The molecule has 0 saturated carbocycles. The van der Waals surface area contributed by atoms with Crippen molar-refractivity contribution in [1.29, 1.82) is 0 Å². The second-order valence-electron chi connectivity index (χ2n) is 7.18. The first kappa shape index (κ1) is 21.1. The molecule has 0 bridgehead atoms. The Bertz CT molecular complexity index is 1050. The van der Waals surface area contributed by atoms with Crippen LogP contribution in [0.15, 0.2) is 54.7 Å². The number of aliphatic hydroxyl groups is 1. The maximum Gasteiger partial charge on any atom is 0.184 e. The molecule has 0 radical (unpaired) electrons. The van der Waals surface area contributed by atoms with E-state index in [0.29, 0.717) is 22.8 Å². The highest BCUT2D eigenvalue weighted by Gasteiger charge is 2.10. The van der Waals surface area contributed by atoms with Gasteiger partial charge in [0.15, 0.2) is 5.78 Å². The average molecular weight is 405 g/mol. The monoisotopic (exact) mass is 405 g/mol. The Kier molecular flexibility index (Phi) is 6.50. The molecule has 0 aliphatic rings. The van der Waals surface area contributed by atoms with E-state index >= 15 is 0 Å². The van der Waals surface area contributed by atoms with E-state index in [4.69, 9.17) is 9.47 Å². The quantitative estimate of drug-likeness (QED) is 0.481. The van der Waals surface area contributed by atoms with Crippen molar-refractivity contribution in [3.8, 4) is 23.3 Å². The van der Waals surface area contributed by atoms with Gasteiger partial charge in [0.1, 0.15) is 35.9 Å². The van der Waals surface area contributed by atoms with Crippen LogP contribution in [0.4, 0.5) is 0 Å². The van der Waals surface area contributed by atoms with Crippen LogP contribution >= 0.6 is 0 Å². The summed E-state index contributed by atoms with van der Waals surface area (Å²) in [4.78, 5) is 12.4. The Morgan fingerprint density at radius 1 is 1.10 bits per heavy atom. The van der Waals surface area contributed by atoms with Crippen molar-refractivity contribution < 1.29 is 19.4 Å². The number of rotatable bonds is 7. The van der Waals surface area contributed by atoms with Crippen LogP contribution in [0.5, 0.6) is 11.5 Å². The molecule has 0 amide bonds. The van der Waals surface area contributed by atoms with Crippen LogP contribution in [-0.2, 0) is 13.2 Å². The van der Waals surface area contributed by atoms with Crippen LogP contribution in [-0.4, -0.2) is 38.6 Å². The number of ketones is 1. The number of ether oxygens (including phenoxy) is 2.